The van der Waals surface area contributed by atoms with Crippen LogP contribution in [-0.4, -0.2) is 70.0 Å². The number of nitrogens with two attached hydrogens (primary N) is 1. The molecule has 1 aliphatic rings. The molecule has 6 N–H and O–H groups in total. The molecule has 0 radical (unpaired) electrons. The van der Waals surface area contributed by atoms with Gasteiger partial charge < -0.3 is 31.5 Å². The third-order valence-electron chi connectivity index (χ3n) is 5.36. The molecular formula is C22H32N4O6. The lowest BCUT2D eigenvalue weighted by atomic mass is 10.0. The third kappa shape index (κ3) is 6.94. The molecule has 10 heteroatoms. The molecule has 2 rings (SSSR count). The van der Waals surface area contributed by atoms with Gasteiger partial charge in [-0.1, -0.05) is 26.0 Å². The first kappa shape index (κ1) is 25.1. The van der Waals surface area contributed by atoms with Crippen molar-refractivity contribution in [2.45, 2.75) is 57.7 Å². The molecule has 10 nitrogen and oxygen atoms in total. The number of hydrogen-bond acceptors (Lipinski definition) is 6. The van der Waals surface area contributed by atoms with Crippen molar-refractivity contribution in [3.05, 3.63) is 29.8 Å². The molecule has 0 bridgehead atoms. The highest BCUT2D eigenvalue weighted by molar-refractivity contribution is 5.94. The zero-order valence-corrected chi connectivity index (χ0v) is 18.4. The zero-order valence-electron chi connectivity index (χ0n) is 18.4. The van der Waals surface area contributed by atoms with Crippen LogP contribution in [0.15, 0.2) is 24.3 Å². The fourth-order valence-electron chi connectivity index (χ4n) is 3.79. The summed E-state index contributed by atoms with van der Waals surface area (Å²) in [6, 6.07) is 3.25. The lowest BCUT2D eigenvalue weighted by Crippen LogP contribution is -2.56. The summed E-state index contributed by atoms with van der Waals surface area (Å²) in [7, 11) is 0. The summed E-state index contributed by atoms with van der Waals surface area (Å²) in [5, 5.41) is 24.1. The quantitative estimate of drug-likeness (QED) is 0.336. The van der Waals surface area contributed by atoms with E-state index in [-0.39, 0.29) is 30.5 Å². The van der Waals surface area contributed by atoms with E-state index in [0.717, 1.165) is 0 Å². The number of phenolic OH excluding ortho intramolecular Hbond substituents is 1. The van der Waals surface area contributed by atoms with E-state index >= 15 is 0 Å². The number of rotatable bonds is 10. The van der Waals surface area contributed by atoms with Crippen LogP contribution < -0.4 is 16.4 Å². The number of carboxylic acid groups (broad SMARTS) is 1. The Morgan fingerprint density at radius 3 is 2.34 bits per heavy atom. The smallest absolute Gasteiger partial charge is 0.326 e. The predicted molar refractivity (Wildman–Crippen MR) is 117 cm³/mol. The van der Waals surface area contributed by atoms with Crippen molar-refractivity contribution in [2.75, 3.05) is 13.1 Å². The molecule has 176 valence electrons. The summed E-state index contributed by atoms with van der Waals surface area (Å²) < 4.78 is 0. The SMILES string of the molecule is CC(C)CC(NC(=O)CN)C(=O)N1CCCC1C(=O)NC(Cc1ccc(O)cc1)C(=O)O. The molecule has 0 saturated carbocycles. The fourth-order valence-corrected chi connectivity index (χ4v) is 3.79. The van der Waals surface area contributed by atoms with Crippen LogP contribution in [-0.2, 0) is 25.6 Å². The first-order chi connectivity index (χ1) is 15.1. The van der Waals surface area contributed by atoms with Crippen molar-refractivity contribution in [1.82, 2.24) is 15.5 Å². The molecule has 1 fully saturated rings. The maximum Gasteiger partial charge on any atom is 0.326 e. The minimum Gasteiger partial charge on any atom is -0.508 e. The number of aliphatic carboxylic acids is 1. The van der Waals surface area contributed by atoms with Gasteiger partial charge in [0.25, 0.3) is 0 Å². The average molecular weight is 449 g/mol. The Balaban J connectivity index is 2.11. The first-order valence-electron chi connectivity index (χ1n) is 10.7. The van der Waals surface area contributed by atoms with Gasteiger partial charge in [-0.3, -0.25) is 14.4 Å². The monoisotopic (exact) mass is 448 g/mol. The molecule has 3 amide bonds. The summed E-state index contributed by atoms with van der Waals surface area (Å²) in [6.07, 6.45) is 1.43. The van der Waals surface area contributed by atoms with Crippen LogP contribution in [0.25, 0.3) is 0 Å². The minimum atomic E-state index is -1.20. The molecule has 3 unspecified atom stereocenters. The molecule has 1 aliphatic heterocycles. The number of benzene rings is 1. The Hall–Kier alpha value is -3.14. The van der Waals surface area contributed by atoms with Gasteiger partial charge in [0.15, 0.2) is 0 Å². The lowest BCUT2D eigenvalue weighted by molar-refractivity contribution is -0.145. The number of hydrogen-bond donors (Lipinski definition) is 5. The summed E-state index contributed by atoms with van der Waals surface area (Å²) >= 11 is 0. The number of carbonyl (C=O) groups excluding carboxylic acids is 3. The second kappa shape index (κ2) is 11.5. The van der Waals surface area contributed by atoms with Gasteiger partial charge >= 0.3 is 5.97 Å². The van der Waals surface area contributed by atoms with Crippen LogP contribution in [0.4, 0.5) is 0 Å². The molecule has 0 aromatic heterocycles. The van der Waals surface area contributed by atoms with E-state index in [1.165, 1.54) is 17.0 Å². The average Bonchev–Trinajstić information content (AvgIpc) is 3.23. The second-order valence-electron chi connectivity index (χ2n) is 8.41. The zero-order chi connectivity index (χ0) is 23.8. The van der Waals surface area contributed by atoms with Gasteiger partial charge in [0.1, 0.15) is 23.9 Å². The van der Waals surface area contributed by atoms with Crippen molar-refractivity contribution in [3.8, 4) is 5.75 Å². The summed E-state index contributed by atoms with van der Waals surface area (Å²) in [5.41, 5.74) is 6.00. The molecule has 1 saturated heterocycles. The van der Waals surface area contributed by atoms with Gasteiger partial charge in [-0.25, -0.2) is 4.79 Å². The van der Waals surface area contributed by atoms with Crippen LogP contribution in [0.2, 0.25) is 0 Å². The van der Waals surface area contributed by atoms with E-state index in [0.29, 0.717) is 31.4 Å². The van der Waals surface area contributed by atoms with Crippen molar-refractivity contribution >= 4 is 23.7 Å². The Kier molecular flexibility index (Phi) is 9.01. The number of carbonyl (C=O) groups is 4. The maximum absolute atomic E-state index is 13.1. The Morgan fingerprint density at radius 2 is 1.78 bits per heavy atom. The van der Waals surface area contributed by atoms with Crippen LogP contribution in [0.1, 0.15) is 38.7 Å². The minimum absolute atomic E-state index is 0.0323. The number of aromatic hydroxyl groups is 1. The van der Waals surface area contributed by atoms with E-state index in [9.17, 15) is 29.4 Å². The highest BCUT2D eigenvalue weighted by Crippen LogP contribution is 2.21. The molecule has 1 aromatic carbocycles. The van der Waals surface area contributed by atoms with Gasteiger partial charge in [-0.15, -0.1) is 0 Å². The molecule has 0 aliphatic carbocycles. The Bertz CT molecular complexity index is 826. The Labute approximate surface area is 187 Å². The highest BCUT2D eigenvalue weighted by atomic mass is 16.4. The van der Waals surface area contributed by atoms with E-state index in [4.69, 9.17) is 5.73 Å². The van der Waals surface area contributed by atoms with Crippen LogP contribution in [0.3, 0.4) is 0 Å². The topological polar surface area (TPSA) is 162 Å². The Morgan fingerprint density at radius 1 is 1.12 bits per heavy atom. The predicted octanol–water partition coefficient (Wildman–Crippen LogP) is -0.0153. The van der Waals surface area contributed by atoms with E-state index in [1.807, 2.05) is 13.8 Å². The summed E-state index contributed by atoms with van der Waals surface area (Å²) in [6.45, 7) is 3.94. The normalized spacial score (nSPS) is 17.6. The number of phenols is 1. The number of nitrogens with zero attached hydrogens (tertiary/aromatic N) is 1. The lowest BCUT2D eigenvalue weighted by Gasteiger charge is -2.30. The molecule has 0 spiro atoms. The van der Waals surface area contributed by atoms with Crippen LogP contribution in [0.5, 0.6) is 5.75 Å². The number of nitrogens with one attached hydrogen (secondary N) is 2. The van der Waals surface area contributed by atoms with Crippen molar-refractivity contribution in [2.24, 2.45) is 11.7 Å². The fraction of sp³-hybridized carbons (Fsp3) is 0.545. The number of amides is 3. The summed E-state index contributed by atoms with van der Waals surface area (Å²) in [4.78, 5) is 51.0. The maximum atomic E-state index is 13.1. The molecule has 1 heterocycles. The van der Waals surface area contributed by atoms with Gasteiger partial charge in [0, 0.05) is 13.0 Å². The van der Waals surface area contributed by atoms with Crippen molar-refractivity contribution in [1.29, 1.82) is 0 Å². The highest BCUT2D eigenvalue weighted by Gasteiger charge is 2.38. The van der Waals surface area contributed by atoms with E-state index in [1.54, 1.807) is 12.1 Å². The standard InChI is InChI=1S/C22H32N4O6/c1-13(2)10-16(24-19(28)12-23)21(30)26-9-3-4-18(26)20(29)25-17(22(31)32)11-14-5-7-15(27)8-6-14/h5-8,13,16-18,27H,3-4,9-12,23H2,1-2H3,(H,24,28)(H,25,29)(H,31,32). The van der Waals surface area contributed by atoms with Gasteiger partial charge in [-0.2, -0.15) is 0 Å². The number of carboxylic acids is 1. The van der Waals surface area contributed by atoms with Crippen molar-refractivity contribution < 1.29 is 29.4 Å². The molecule has 3 atom stereocenters. The molecule has 1 aromatic rings. The summed E-state index contributed by atoms with van der Waals surface area (Å²) in [5.74, 6) is -2.39. The van der Waals surface area contributed by atoms with Crippen LogP contribution >= 0.6 is 0 Å². The largest absolute Gasteiger partial charge is 0.508 e. The molecule has 32 heavy (non-hydrogen) atoms. The number of likely N-dealkylation sites (tertiary alicyclic amines) is 1. The van der Waals surface area contributed by atoms with E-state index in [2.05, 4.69) is 10.6 Å². The van der Waals surface area contributed by atoms with Gasteiger partial charge in [0.2, 0.25) is 17.7 Å². The first-order valence-corrected chi connectivity index (χ1v) is 10.7. The second-order valence-corrected chi connectivity index (χ2v) is 8.41. The van der Waals surface area contributed by atoms with Gasteiger partial charge in [-0.05, 0) is 42.9 Å². The van der Waals surface area contributed by atoms with E-state index < -0.39 is 35.9 Å². The van der Waals surface area contributed by atoms with Crippen LogP contribution in [0, 0.1) is 5.92 Å². The third-order valence-corrected chi connectivity index (χ3v) is 5.36. The van der Waals surface area contributed by atoms with Gasteiger partial charge in [0.05, 0.1) is 6.54 Å². The van der Waals surface area contributed by atoms with Crippen molar-refractivity contribution in [3.63, 3.8) is 0 Å². The molecular weight excluding hydrogens is 416 g/mol.